The van der Waals surface area contributed by atoms with Gasteiger partial charge in [0.1, 0.15) is 6.10 Å². The Morgan fingerprint density at radius 2 is 2.00 bits per heavy atom. The Labute approximate surface area is 66.7 Å². The fraction of sp³-hybridized carbons (Fsp3) is 0.625. The Morgan fingerprint density at radius 1 is 1.45 bits per heavy atom. The maximum Gasteiger partial charge on any atom is 0.119 e. The molecule has 0 amide bonds. The highest BCUT2D eigenvalue weighted by Gasteiger charge is 2.14. The van der Waals surface area contributed by atoms with E-state index in [-0.39, 0.29) is 0 Å². The Balaban J connectivity index is 3.22. The molecule has 1 unspecified atom stereocenters. The summed E-state index contributed by atoms with van der Waals surface area (Å²) in [5.74, 6) is 0. The highest BCUT2D eigenvalue weighted by Crippen LogP contribution is 2.20. The molecule has 3 nitrogen and oxygen atoms in total. The van der Waals surface area contributed by atoms with Crippen LogP contribution in [0.3, 0.4) is 0 Å². The van der Waals surface area contributed by atoms with Gasteiger partial charge in [0.25, 0.3) is 0 Å². The van der Waals surface area contributed by atoms with Crippen molar-refractivity contribution in [1.82, 2.24) is 9.78 Å². The van der Waals surface area contributed by atoms with Gasteiger partial charge in [-0.15, -0.1) is 0 Å². The van der Waals surface area contributed by atoms with Crippen molar-refractivity contribution in [3.8, 4) is 0 Å². The third-order valence-corrected chi connectivity index (χ3v) is 1.97. The quantitative estimate of drug-likeness (QED) is 0.602. The van der Waals surface area contributed by atoms with Crippen LogP contribution in [0.1, 0.15) is 30.0 Å². The lowest BCUT2D eigenvalue weighted by Gasteiger charge is -2.01. The van der Waals surface area contributed by atoms with Crippen molar-refractivity contribution in [2.45, 2.75) is 26.9 Å². The summed E-state index contributed by atoms with van der Waals surface area (Å²) in [5.41, 5.74) is 2.67. The van der Waals surface area contributed by atoms with Crippen LogP contribution in [0.4, 0.5) is 0 Å². The van der Waals surface area contributed by atoms with Crippen LogP contribution in [0.2, 0.25) is 0 Å². The van der Waals surface area contributed by atoms with E-state index in [4.69, 9.17) is 0 Å². The van der Waals surface area contributed by atoms with Gasteiger partial charge in [-0.25, -0.2) is 5.11 Å². The molecule has 0 spiro atoms. The normalized spacial score (nSPS) is 13.5. The van der Waals surface area contributed by atoms with Crippen molar-refractivity contribution >= 4 is 0 Å². The van der Waals surface area contributed by atoms with E-state index in [9.17, 15) is 5.11 Å². The molecule has 0 aliphatic heterocycles. The SMILES string of the molecule is Cc1nn(C)c(C)c1C(C)[O]. The Kier molecular flexibility index (Phi) is 2.00. The van der Waals surface area contributed by atoms with Crippen LogP contribution in [0.15, 0.2) is 0 Å². The average molecular weight is 153 g/mol. The van der Waals surface area contributed by atoms with E-state index in [0.717, 1.165) is 17.0 Å². The Bertz CT molecular complexity index is 263. The molecule has 0 N–H and O–H groups in total. The van der Waals surface area contributed by atoms with Crippen molar-refractivity contribution in [3.63, 3.8) is 0 Å². The summed E-state index contributed by atoms with van der Waals surface area (Å²) < 4.78 is 1.75. The topological polar surface area (TPSA) is 37.7 Å². The summed E-state index contributed by atoms with van der Waals surface area (Å²) >= 11 is 0. The average Bonchev–Trinajstić information content (AvgIpc) is 2.07. The minimum atomic E-state index is -0.663. The zero-order valence-corrected chi connectivity index (χ0v) is 7.38. The maximum absolute atomic E-state index is 11.1. The van der Waals surface area contributed by atoms with Gasteiger partial charge >= 0.3 is 0 Å². The van der Waals surface area contributed by atoms with E-state index >= 15 is 0 Å². The van der Waals surface area contributed by atoms with Crippen LogP contribution in [0.25, 0.3) is 0 Å². The Hall–Kier alpha value is -0.830. The first kappa shape index (κ1) is 8.27. The van der Waals surface area contributed by atoms with Crippen LogP contribution >= 0.6 is 0 Å². The standard InChI is InChI=1S/C8H13N2O/c1-5-8(7(3)11)6(2)10(4)9-5/h7H,1-4H3. The third-order valence-electron chi connectivity index (χ3n) is 1.97. The van der Waals surface area contributed by atoms with Crippen molar-refractivity contribution in [1.29, 1.82) is 0 Å². The van der Waals surface area contributed by atoms with Crippen molar-refractivity contribution in [2.24, 2.45) is 7.05 Å². The smallest absolute Gasteiger partial charge is 0.119 e. The maximum atomic E-state index is 11.1. The largest absolute Gasteiger partial charge is 0.272 e. The molecule has 1 aromatic heterocycles. The first-order chi connectivity index (χ1) is 5.04. The van der Waals surface area contributed by atoms with Gasteiger partial charge < -0.3 is 0 Å². The highest BCUT2D eigenvalue weighted by atomic mass is 16.3. The zero-order valence-electron chi connectivity index (χ0n) is 7.38. The molecule has 1 atom stereocenters. The predicted molar refractivity (Wildman–Crippen MR) is 41.8 cm³/mol. The zero-order chi connectivity index (χ0) is 8.59. The summed E-state index contributed by atoms with van der Waals surface area (Å²) in [4.78, 5) is 0. The lowest BCUT2D eigenvalue weighted by atomic mass is 10.1. The van der Waals surface area contributed by atoms with Crippen LogP contribution in [0.5, 0.6) is 0 Å². The van der Waals surface area contributed by atoms with Gasteiger partial charge in [-0.3, -0.25) is 4.68 Å². The second kappa shape index (κ2) is 2.66. The van der Waals surface area contributed by atoms with Crippen LogP contribution in [-0.4, -0.2) is 9.78 Å². The Morgan fingerprint density at radius 3 is 2.18 bits per heavy atom. The van der Waals surface area contributed by atoms with E-state index in [1.807, 2.05) is 20.9 Å². The summed E-state index contributed by atoms with van der Waals surface area (Å²) in [7, 11) is 1.86. The molecule has 1 heterocycles. The molecule has 0 saturated carbocycles. The lowest BCUT2D eigenvalue weighted by molar-refractivity contribution is 0.105. The number of hydrogen-bond donors (Lipinski definition) is 0. The van der Waals surface area contributed by atoms with E-state index in [0.29, 0.717) is 0 Å². The molecule has 61 valence electrons. The molecule has 0 saturated heterocycles. The van der Waals surface area contributed by atoms with Crippen LogP contribution in [-0.2, 0) is 12.2 Å². The van der Waals surface area contributed by atoms with E-state index in [1.165, 1.54) is 0 Å². The number of aryl methyl sites for hydroxylation is 2. The van der Waals surface area contributed by atoms with Gasteiger partial charge in [-0.2, -0.15) is 5.10 Å². The summed E-state index contributed by atoms with van der Waals surface area (Å²) in [6.45, 7) is 5.44. The molecule has 0 aliphatic rings. The predicted octanol–water partition coefficient (Wildman–Crippen LogP) is 1.53. The minimum Gasteiger partial charge on any atom is -0.272 e. The van der Waals surface area contributed by atoms with E-state index in [2.05, 4.69) is 5.10 Å². The van der Waals surface area contributed by atoms with Gasteiger partial charge in [0.15, 0.2) is 0 Å². The fourth-order valence-corrected chi connectivity index (χ4v) is 1.38. The van der Waals surface area contributed by atoms with Gasteiger partial charge in [-0.1, -0.05) is 0 Å². The minimum absolute atomic E-state index is 0.663. The van der Waals surface area contributed by atoms with Gasteiger partial charge in [0.2, 0.25) is 0 Å². The van der Waals surface area contributed by atoms with Crippen LogP contribution < -0.4 is 0 Å². The first-order valence-electron chi connectivity index (χ1n) is 3.70. The van der Waals surface area contributed by atoms with Crippen molar-refractivity contribution in [2.75, 3.05) is 0 Å². The number of hydrogen-bond acceptors (Lipinski definition) is 1. The van der Waals surface area contributed by atoms with E-state index < -0.39 is 6.10 Å². The van der Waals surface area contributed by atoms with Gasteiger partial charge in [-0.05, 0) is 20.8 Å². The molecular weight excluding hydrogens is 140 g/mol. The molecule has 1 radical (unpaired) electrons. The number of aromatic nitrogens is 2. The molecular formula is C8H13N2O. The highest BCUT2D eigenvalue weighted by molar-refractivity contribution is 5.25. The second-order valence-electron chi connectivity index (χ2n) is 2.85. The lowest BCUT2D eigenvalue weighted by Crippen LogP contribution is -1.95. The second-order valence-corrected chi connectivity index (χ2v) is 2.85. The molecule has 11 heavy (non-hydrogen) atoms. The van der Waals surface area contributed by atoms with Gasteiger partial charge in [0.05, 0.1) is 5.69 Å². The molecule has 0 fully saturated rings. The molecule has 0 bridgehead atoms. The molecule has 0 aliphatic carbocycles. The molecule has 1 rings (SSSR count). The molecule has 0 aromatic carbocycles. The van der Waals surface area contributed by atoms with Crippen molar-refractivity contribution in [3.05, 3.63) is 17.0 Å². The summed E-state index contributed by atoms with van der Waals surface area (Å²) in [6.07, 6.45) is -0.663. The van der Waals surface area contributed by atoms with Gasteiger partial charge in [0, 0.05) is 18.3 Å². The third kappa shape index (κ3) is 1.28. The van der Waals surface area contributed by atoms with E-state index in [1.54, 1.807) is 11.6 Å². The monoisotopic (exact) mass is 153 g/mol. The number of rotatable bonds is 1. The molecule has 3 heteroatoms. The first-order valence-corrected chi connectivity index (χ1v) is 3.70. The molecule has 1 aromatic rings. The van der Waals surface area contributed by atoms with Crippen LogP contribution in [0, 0.1) is 13.8 Å². The fourth-order valence-electron chi connectivity index (χ4n) is 1.38. The van der Waals surface area contributed by atoms with Crippen molar-refractivity contribution < 1.29 is 5.11 Å². The summed E-state index contributed by atoms with van der Waals surface area (Å²) in [5, 5.41) is 15.3. The number of nitrogens with zero attached hydrogens (tertiary/aromatic N) is 2. The summed E-state index contributed by atoms with van der Waals surface area (Å²) in [6, 6.07) is 0.